The number of nitrogens with zero attached hydrogens (tertiary/aromatic N) is 2. The lowest BCUT2D eigenvalue weighted by Gasteiger charge is -2.04. The molecular weight excluding hydrogens is 332 g/mol. The van der Waals surface area contributed by atoms with Crippen molar-refractivity contribution in [2.75, 3.05) is 23.7 Å². The third-order valence-corrected chi connectivity index (χ3v) is 3.05. The molecule has 0 heterocycles. The Morgan fingerprint density at radius 2 is 1.08 bits per heavy atom. The Hall–Kier alpha value is -3.68. The Balaban J connectivity index is 1.57. The van der Waals surface area contributed by atoms with Crippen LogP contribution < -0.4 is 21.5 Å². The molecule has 0 aliphatic heterocycles. The lowest BCUT2D eigenvalue weighted by Crippen LogP contribution is -2.26. The van der Waals surface area contributed by atoms with Gasteiger partial charge in [-0.1, -0.05) is 36.4 Å². The Morgan fingerprint density at radius 3 is 1.46 bits per heavy atom. The number of carbonyl (C=O) groups excluding carboxylic acids is 2. The fourth-order valence-electron chi connectivity index (χ4n) is 1.84. The molecule has 0 unspecified atom stereocenters. The molecule has 0 radical (unpaired) electrons. The van der Waals surface area contributed by atoms with E-state index >= 15 is 0 Å². The minimum Gasteiger partial charge on any atom is -0.376 e. The quantitative estimate of drug-likeness (QED) is 0.404. The van der Waals surface area contributed by atoms with Gasteiger partial charge in [0.15, 0.2) is 0 Å². The maximum Gasteiger partial charge on any atom is 0.259 e. The summed E-state index contributed by atoms with van der Waals surface area (Å²) in [5, 5.41) is 13.3. The van der Waals surface area contributed by atoms with E-state index in [1.807, 2.05) is 60.7 Å². The fourth-order valence-corrected chi connectivity index (χ4v) is 1.84. The summed E-state index contributed by atoms with van der Waals surface area (Å²) in [4.78, 5) is 23.1. The molecule has 2 amide bonds. The fraction of sp³-hybridized carbons (Fsp3) is 0.111. The molecule has 2 aromatic rings. The van der Waals surface area contributed by atoms with Crippen LogP contribution in [0.3, 0.4) is 0 Å². The first-order valence-corrected chi connectivity index (χ1v) is 7.94. The third-order valence-electron chi connectivity index (χ3n) is 3.05. The summed E-state index contributed by atoms with van der Waals surface area (Å²) in [7, 11) is 0. The van der Waals surface area contributed by atoms with Crippen LogP contribution in [0.15, 0.2) is 70.9 Å². The smallest absolute Gasteiger partial charge is 0.259 e. The molecule has 8 heteroatoms. The molecule has 0 spiro atoms. The van der Waals surface area contributed by atoms with Crippen molar-refractivity contribution in [3.8, 4) is 0 Å². The maximum atomic E-state index is 11.6. The number of benzene rings is 2. The van der Waals surface area contributed by atoms with Crippen LogP contribution in [0.2, 0.25) is 0 Å². The van der Waals surface area contributed by atoms with E-state index in [0.717, 1.165) is 11.4 Å². The van der Waals surface area contributed by atoms with Gasteiger partial charge in [0, 0.05) is 11.4 Å². The van der Waals surface area contributed by atoms with E-state index < -0.39 is 0 Å². The van der Waals surface area contributed by atoms with E-state index in [-0.39, 0.29) is 24.9 Å². The van der Waals surface area contributed by atoms with Crippen LogP contribution in [0, 0.1) is 0 Å². The van der Waals surface area contributed by atoms with Crippen LogP contribution in [0.4, 0.5) is 11.4 Å². The van der Waals surface area contributed by atoms with E-state index in [1.54, 1.807) is 0 Å². The van der Waals surface area contributed by atoms with Crippen LogP contribution in [0.5, 0.6) is 0 Å². The summed E-state index contributed by atoms with van der Waals surface area (Å²) >= 11 is 0. The molecule has 0 atom stereocenters. The van der Waals surface area contributed by atoms with Crippen molar-refractivity contribution >= 4 is 35.6 Å². The lowest BCUT2D eigenvalue weighted by atomic mass is 10.3. The van der Waals surface area contributed by atoms with E-state index in [2.05, 4.69) is 31.7 Å². The molecule has 0 fully saturated rings. The van der Waals surface area contributed by atoms with Gasteiger partial charge in [-0.05, 0) is 24.3 Å². The summed E-state index contributed by atoms with van der Waals surface area (Å²) in [6.45, 7) is 0.195. The van der Waals surface area contributed by atoms with Gasteiger partial charge in [-0.15, -0.1) is 0 Å². The number of hydrogen-bond acceptors (Lipinski definition) is 6. The average Bonchev–Trinajstić information content (AvgIpc) is 2.69. The number of anilines is 2. The molecule has 134 valence electrons. The van der Waals surface area contributed by atoms with Crippen molar-refractivity contribution in [1.29, 1.82) is 0 Å². The van der Waals surface area contributed by atoms with Gasteiger partial charge in [0.2, 0.25) is 0 Å². The highest BCUT2D eigenvalue weighted by Gasteiger charge is 1.99. The van der Waals surface area contributed by atoms with Gasteiger partial charge in [0.25, 0.3) is 11.8 Å². The molecule has 0 aromatic heterocycles. The Kier molecular flexibility index (Phi) is 7.88. The second-order valence-corrected chi connectivity index (χ2v) is 5.07. The van der Waals surface area contributed by atoms with Crippen LogP contribution in [-0.2, 0) is 9.59 Å². The van der Waals surface area contributed by atoms with Crippen molar-refractivity contribution in [3.63, 3.8) is 0 Å². The SMILES string of the molecule is O=C(CNc1ccccc1)N/N=C/C=N/NC(=O)CNc1ccccc1. The largest absolute Gasteiger partial charge is 0.376 e. The lowest BCUT2D eigenvalue weighted by molar-refractivity contribution is -0.120. The van der Waals surface area contributed by atoms with Crippen LogP contribution in [0.25, 0.3) is 0 Å². The van der Waals surface area contributed by atoms with Gasteiger partial charge in [0.05, 0.1) is 25.5 Å². The number of para-hydroxylation sites is 2. The monoisotopic (exact) mass is 352 g/mol. The van der Waals surface area contributed by atoms with Crippen LogP contribution in [-0.4, -0.2) is 37.3 Å². The number of amides is 2. The molecule has 8 nitrogen and oxygen atoms in total. The second kappa shape index (κ2) is 11.0. The first kappa shape index (κ1) is 18.7. The normalized spacial score (nSPS) is 10.6. The molecule has 2 rings (SSSR count). The topological polar surface area (TPSA) is 107 Å². The molecule has 26 heavy (non-hydrogen) atoms. The Labute approximate surface area is 151 Å². The minimum atomic E-state index is -0.297. The van der Waals surface area contributed by atoms with Crippen molar-refractivity contribution < 1.29 is 9.59 Å². The predicted octanol–water partition coefficient (Wildman–Crippen LogP) is 1.41. The summed E-state index contributed by atoms with van der Waals surface area (Å²) in [5.41, 5.74) is 6.37. The van der Waals surface area contributed by atoms with Crippen molar-refractivity contribution in [2.24, 2.45) is 10.2 Å². The number of hydrazone groups is 2. The highest BCUT2D eigenvalue weighted by Crippen LogP contribution is 2.04. The van der Waals surface area contributed by atoms with Gasteiger partial charge in [0.1, 0.15) is 0 Å². The second-order valence-electron chi connectivity index (χ2n) is 5.07. The van der Waals surface area contributed by atoms with Gasteiger partial charge >= 0.3 is 0 Å². The molecule has 0 bridgehead atoms. The minimum absolute atomic E-state index is 0.0976. The molecule has 0 saturated heterocycles. The third kappa shape index (κ3) is 7.73. The van der Waals surface area contributed by atoms with Gasteiger partial charge in [-0.3, -0.25) is 9.59 Å². The van der Waals surface area contributed by atoms with E-state index in [0.29, 0.717) is 0 Å². The molecule has 2 aromatic carbocycles. The number of hydrogen-bond donors (Lipinski definition) is 4. The van der Waals surface area contributed by atoms with Crippen molar-refractivity contribution in [3.05, 3.63) is 60.7 Å². The zero-order valence-electron chi connectivity index (χ0n) is 14.1. The summed E-state index contributed by atoms with van der Waals surface area (Å²) in [5.74, 6) is -0.593. The van der Waals surface area contributed by atoms with Crippen molar-refractivity contribution in [2.45, 2.75) is 0 Å². The van der Waals surface area contributed by atoms with Crippen molar-refractivity contribution in [1.82, 2.24) is 10.9 Å². The summed E-state index contributed by atoms with van der Waals surface area (Å²) in [6, 6.07) is 18.7. The average molecular weight is 352 g/mol. The molecule has 0 saturated carbocycles. The highest BCUT2D eigenvalue weighted by molar-refractivity contribution is 6.16. The molecule has 4 N–H and O–H groups in total. The first-order valence-electron chi connectivity index (χ1n) is 7.94. The van der Waals surface area contributed by atoms with Gasteiger partial charge in [-0.25, -0.2) is 10.9 Å². The van der Waals surface area contributed by atoms with E-state index in [9.17, 15) is 9.59 Å². The Morgan fingerprint density at radius 1 is 0.692 bits per heavy atom. The predicted molar refractivity (Wildman–Crippen MR) is 103 cm³/mol. The standard InChI is InChI=1S/C18H20N6O2/c25-17(13-19-15-7-3-1-4-8-15)23-21-11-12-22-24-18(26)14-20-16-9-5-2-6-10-16/h1-12,19-20H,13-14H2,(H,23,25)(H,24,26)/b21-11+,22-12+. The van der Waals surface area contributed by atoms with E-state index in [4.69, 9.17) is 0 Å². The number of rotatable bonds is 9. The summed E-state index contributed by atoms with van der Waals surface area (Å²) in [6.07, 6.45) is 2.54. The molecule has 0 aliphatic rings. The Bertz CT molecular complexity index is 681. The van der Waals surface area contributed by atoms with Crippen LogP contribution in [0.1, 0.15) is 0 Å². The summed E-state index contributed by atoms with van der Waals surface area (Å²) < 4.78 is 0. The molecule has 0 aliphatic carbocycles. The van der Waals surface area contributed by atoms with Gasteiger partial charge in [-0.2, -0.15) is 10.2 Å². The highest BCUT2D eigenvalue weighted by atomic mass is 16.2. The number of nitrogens with one attached hydrogen (secondary N) is 4. The maximum absolute atomic E-state index is 11.6. The number of carbonyl (C=O) groups is 2. The zero-order valence-corrected chi connectivity index (χ0v) is 14.1. The van der Waals surface area contributed by atoms with Crippen LogP contribution >= 0.6 is 0 Å². The molecular formula is C18H20N6O2. The first-order chi connectivity index (χ1) is 12.7. The zero-order chi connectivity index (χ0) is 18.5. The van der Waals surface area contributed by atoms with E-state index in [1.165, 1.54) is 12.4 Å². The van der Waals surface area contributed by atoms with Gasteiger partial charge < -0.3 is 10.6 Å².